The molecule has 5 rings (SSSR count). The molecule has 4 aromatic rings. The van der Waals surface area contributed by atoms with Crippen LogP contribution in [0.25, 0.3) is 0 Å². The molecule has 2 amide bonds. The lowest BCUT2D eigenvalue weighted by Crippen LogP contribution is -2.54. The second-order valence-corrected chi connectivity index (χ2v) is 14.8. The zero-order valence-corrected chi connectivity index (χ0v) is 29.0. The van der Waals surface area contributed by atoms with Crippen molar-refractivity contribution in [1.82, 2.24) is 10.2 Å². The number of halogens is 3. The molecule has 246 valence electrons. The summed E-state index contributed by atoms with van der Waals surface area (Å²) in [5.74, 6) is -0.883. The monoisotopic (exact) mass is 711 g/mol. The van der Waals surface area contributed by atoms with Crippen LogP contribution in [0.1, 0.15) is 42.4 Å². The van der Waals surface area contributed by atoms with Crippen molar-refractivity contribution >= 4 is 62.3 Å². The Bertz CT molecular complexity index is 1800. The van der Waals surface area contributed by atoms with Gasteiger partial charge in [-0.15, -0.1) is 0 Å². The van der Waals surface area contributed by atoms with E-state index in [4.69, 9.17) is 34.8 Å². The van der Waals surface area contributed by atoms with E-state index in [0.29, 0.717) is 5.02 Å². The largest absolute Gasteiger partial charge is 0.352 e. The van der Waals surface area contributed by atoms with Gasteiger partial charge in [-0.1, -0.05) is 114 Å². The Labute approximate surface area is 291 Å². The maximum Gasteiger partial charge on any atom is 0.264 e. The van der Waals surface area contributed by atoms with E-state index in [1.807, 2.05) is 37.3 Å². The normalized spacial score (nSPS) is 14.0. The molecule has 0 radical (unpaired) electrons. The van der Waals surface area contributed by atoms with Gasteiger partial charge in [0.2, 0.25) is 11.8 Å². The summed E-state index contributed by atoms with van der Waals surface area (Å²) >= 11 is 19.1. The minimum atomic E-state index is -4.32. The molecule has 0 heterocycles. The lowest BCUT2D eigenvalue weighted by atomic mass is 10.0. The van der Waals surface area contributed by atoms with Gasteiger partial charge in [0.15, 0.2) is 0 Å². The van der Waals surface area contributed by atoms with Crippen LogP contribution in [0.4, 0.5) is 5.69 Å². The van der Waals surface area contributed by atoms with Crippen molar-refractivity contribution in [3.8, 4) is 0 Å². The summed E-state index contributed by atoms with van der Waals surface area (Å²) in [6.07, 6.45) is 4.00. The molecule has 4 aromatic carbocycles. The first-order valence-electron chi connectivity index (χ1n) is 15.4. The molecule has 1 aliphatic carbocycles. The van der Waals surface area contributed by atoms with E-state index in [1.165, 1.54) is 23.1 Å². The number of benzene rings is 4. The number of hydrogen-bond acceptors (Lipinski definition) is 4. The SMILES string of the molecule is Cc1ccc(S(=O)(=O)N(CC(=O)N(Cc2ccc(Cl)cc2)[C@H](Cc2ccccc2)C(=O)NC2CCCC2)c2cccc(Cl)c2Cl)cc1. The first kappa shape index (κ1) is 34.8. The molecule has 7 nitrogen and oxygen atoms in total. The minimum absolute atomic E-state index is 0.0111. The van der Waals surface area contributed by atoms with Crippen LogP contribution in [-0.4, -0.2) is 43.8 Å². The van der Waals surface area contributed by atoms with E-state index < -0.39 is 28.5 Å². The molecule has 11 heteroatoms. The van der Waals surface area contributed by atoms with E-state index in [1.54, 1.807) is 48.5 Å². The van der Waals surface area contributed by atoms with Gasteiger partial charge >= 0.3 is 0 Å². The van der Waals surface area contributed by atoms with E-state index in [-0.39, 0.29) is 45.5 Å². The molecule has 0 aliphatic heterocycles. The Hall–Kier alpha value is -3.56. The fourth-order valence-corrected chi connectivity index (χ4v) is 7.74. The summed E-state index contributed by atoms with van der Waals surface area (Å²) in [6.45, 7) is 1.25. The fourth-order valence-electron chi connectivity index (χ4n) is 5.74. The van der Waals surface area contributed by atoms with Crippen LogP contribution in [0.5, 0.6) is 0 Å². The van der Waals surface area contributed by atoms with Crippen molar-refractivity contribution in [3.63, 3.8) is 0 Å². The van der Waals surface area contributed by atoms with Crippen molar-refractivity contribution in [3.05, 3.63) is 129 Å². The van der Waals surface area contributed by atoms with Crippen LogP contribution in [0, 0.1) is 6.92 Å². The average molecular weight is 713 g/mol. The maximum absolute atomic E-state index is 14.6. The summed E-state index contributed by atoms with van der Waals surface area (Å²) in [6, 6.07) is 26.5. The molecule has 1 fully saturated rings. The van der Waals surface area contributed by atoms with E-state index in [2.05, 4.69) is 5.32 Å². The van der Waals surface area contributed by atoms with Crippen LogP contribution in [0.15, 0.2) is 102 Å². The predicted molar refractivity (Wildman–Crippen MR) is 189 cm³/mol. The average Bonchev–Trinajstić information content (AvgIpc) is 3.57. The molecule has 0 unspecified atom stereocenters. The number of nitrogens with zero attached hydrogens (tertiary/aromatic N) is 2. The zero-order valence-electron chi connectivity index (χ0n) is 25.9. The van der Waals surface area contributed by atoms with Gasteiger partial charge in [0, 0.05) is 24.0 Å². The van der Waals surface area contributed by atoms with Gasteiger partial charge < -0.3 is 10.2 Å². The summed E-state index contributed by atoms with van der Waals surface area (Å²) in [5.41, 5.74) is 2.51. The lowest BCUT2D eigenvalue weighted by molar-refractivity contribution is -0.140. The molecule has 1 saturated carbocycles. The minimum Gasteiger partial charge on any atom is -0.352 e. The highest BCUT2D eigenvalue weighted by Gasteiger charge is 2.36. The molecule has 0 aromatic heterocycles. The standard InChI is InChI=1S/C36H36Cl3N3O4S/c1-25-14-20-30(21-15-25)47(45,46)42(32-13-7-12-31(38)35(32)39)24-34(43)41(23-27-16-18-28(37)19-17-27)33(22-26-8-3-2-4-9-26)36(44)40-29-10-5-6-11-29/h2-4,7-9,12-21,29,33H,5-6,10-11,22-24H2,1H3,(H,40,44)/t33-/m1/s1. The van der Waals surface area contributed by atoms with E-state index in [9.17, 15) is 18.0 Å². The highest BCUT2D eigenvalue weighted by atomic mass is 35.5. The number of rotatable bonds is 12. The number of carbonyl (C=O) groups is 2. The Morgan fingerprint density at radius 1 is 0.830 bits per heavy atom. The quantitative estimate of drug-likeness (QED) is 0.162. The van der Waals surface area contributed by atoms with Crippen molar-refractivity contribution in [1.29, 1.82) is 0 Å². The van der Waals surface area contributed by atoms with Gasteiger partial charge in [0.25, 0.3) is 10.0 Å². The number of hydrogen-bond donors (Lipinski definition) is 1. The van der Waals surface area contributed by atoms with Crippen LogP contribution in [-0.2, 0) is 32.6 Å². The number of carbonyl (C=O) groups excluding carboxylic acids is 2. The third-order valence-electron chi connectivity index (χ3n) is 8.33. The summed E-state index contributed by atoms with van der Waals surface area (Å²) < 4.78 is 29.5. The van der Waals surface area contributed by atoms with Crippen molar-refractivity contribution in [2.45, 2.75) is 62.6 Å². The molecule has 0 bridgehead atoms. The van der Waals surface area contributed by atoms with Crippen LogP contribution in [0.3, 0.4) is 0 Å². The van der Waals surface area contributed by atoms with Crippen molar-refractivity contribution < 1.29 is 18.0 Å². The summed E-state index contributed by atoms with van der Waals surface area (Å²) in [5, 5.41) is 3.82. The lowest BCUT2D eigenvalue weighted by Gasteiger charge is -2.34. The maximum atomic E-state index is 14.6. The number of nitrogens with one attached hydrogen (secondary N) is 1. The fraction of sp³-hybridized carbons (Fsp3) is 0.278. The highest BCUT2D eigenvalue weighted by molar-refractivity contribution is 7.92. The first-order valence-corrected chi connectivity index (χ1v) is 18.0. The molecule has 0 saturated heterocycles. The van der Waals surface area contributed by atoms with Crippen LogP contribution < -0.4 is 9.62 Å². The van der Waals surface area contributed by atoms with Gasteiger partial charge in [-0.25, -0.2) is 8.42 Å². The molecular formula is C36H36Cl3N3O4S. The van der Waals surface area contributed by atoms with Crippen LogP contribution >= 0.6 is 34.8 Å². The first-order chi connectivity index (χ1) is 22.5. The molecule has 1 atom stereocenters. The number of amides is 2. The summed E-state index contributed by atoms with van der Waals surface area (Å²) in [7, 11) is -4.32. The second kappa shape index (κ2) is 15.6. The van der Waals surface area contributed by atoms with E-state index in [0.717, 1.165) is 46.7 Å². The molecule has 47 heavy (non-hydrogen) atoms. The topological polar surface area (TPSA) is 86.8 Å². The zero-order chi connectivity index (χ0) is 33.6. The summed E-state index contributed by atoms with van der Waals surface area (Å²) in [4.78, 5) is 30.2. The van der Waals surface area contributed by atoms with Gasteiger partial charge in [-0.2, -0.15) is 0 Å². The van der Waals surface area contributed by atoms with Gasteiger partial charge in [0.05, 0.1) is 20.6 Å². The number of anilines is 1. The Morgan fingerprint density at radius 2 is 1.49 bits per heavy atom. The number of sulfonamides is 1. The van der Waals surface area contributed by atoms with Gasteiger partial charge in [-0.05, 0) is 67.3 Å². The van der Waals surface area contributed by atoms with Crippen LogP contribution in [0.2, 0.25) is 15.1 Å². The highest BCUT2D eigenvalue weighted by Crippen LogP contribution is 2.36. The van der Waals surface area contributed by atoms with Crippen molar-refractivity contribution in [2.24, 2.45) is 0 Å². The third kappa shape index (κ3) is 8.68. The van der Waals surface area contributed by atoms with E-state index >= 15 is 0 Å². The van der Waals surface area contributed by atoms with Crippen molar-refractivity contribution in [2.75, 3.05) is 10.8 Å². The Balaban J connectivity index is 1.58. The molecular weight excluding hydrogens is 677 g/mol. The molecule has 1 N–H and O–H groups in total. The molecule has 0 spiro atoms. The third-order valence-corrected chi connectivity index (χ3v) is 11.2. The smallest absolute Gasteiger partial charge is 0.264 e. The Kier molecular flexibility index (Phi) is 11.5. The molecule has 1 aliphatic rings. The second-order valence-electron chi connectivity index (χ2n) is 11.7. The predicted octanol–water partition coefficient (Wildman–Crippen LogP) is 7.85. The van der Waals surface area contributed by atoms with Gasteiger partial charge in [0.1, 0.15) is 12.6 Å². The Morgan fingerprint density at radius 3 is 2.15 bits per heavy atom. The van der Waals surface area contributed by atoms with Gasteiger partial charge in [-0.3, -0.25) is 13.9 Å². The number of aryl methyl sites for hydroxylation is 1.